The molecule has 2 aromatic carbocycles. The summed E-state index contributed by atoms with van der Waals surface area (Å²) in [6, 6.07) is 14.5. The zero-order valence-electron chi connectivity index (χ0n) is 19.1. The van der Waals surface area contributed by atoms with Crippen LogP contribution >= 0.6 is 0 Å². The minimum Gasteiger partial charge on any atom is -0.438 e. The average Bonchev–Trinajstić information content (AvgIpc) is 3.21. The Labute approximate surface area is 194 Å². The molecule has 3 rings (SSSR count). The maximum atomic E-state index is 13.1. The van der Waals surface area contributed by atoms with Crippen molar-refractivity contribution in [3.05, 3.63) is 66.1 Å². The quantitative estimate of drug-likeness (QED) is 0.440. The SMILES string of the molecule is CCCC(NC(=O)[C@H](CS(=O)(=O)Cc1ccccc1)N(C)C)[C@H](O)c1nc2ccccc2o1. The van der Waals surface area contributed by atoms with E-state index in [-0.39, 0.29) is 17.4 Å². The second kappa shape index (κ2) is 10.9. The minimum atomic E-state index is -3.56. The molecule has 8 nitrogen and oxygen atoms in total. The second-order valence-electron chi connectivity index (χ2n) is 8.39. The highest BCUT2D eigenvalue weighted by Crippen LogP contribution is 2.24. The van der Waals surface area contributed by atoms with Crippen LogP contribution in [0.25, 0.3) is 11.1 Å². The van der Waals surface area contributed by atoms with E-state index >= 15 is 0 Å². The smallest absolute Gasteiger partial charge is 0.238 e. The summed E-state index contributed by atoms with van der Waals surface area (Å²) < 4.78 is 31.3. The molecule has 1 amide bonds. The highest BCUT2D eigenvalue weighted by atomic mass is 32.2. The van der Waals surface area contributed by atoms with Crippen molar-refractivity contribution in [2.75, 3.05) is 19.8 Å². The Hall–Kier alpha value is -2.75. The number of sulfone groups is 1. The molecule has 3 aromatic rings. The molecule has 178 valence electrons. The third-order valence-electron chi connectivity index (χ3n) is 5.44. The predicted molar refractivity (Wildman–Crippen MR) is 127 cm³/mol. The van der Waals surface area contributed by atoms with E-state index < -0.39 is 33.9 Å². The van der Waals surface area contributed by atoms with E-state index in [1.54, 1.807) is 55.4 Å². The summed E-state index contributed by atoms with van der Waals surface area (Å²) in [6.45, 7) is 1.94. The molecule has 0 saturated carbocycles. The van der Waals surface area contributed by atoms with Crippen molar-refractivity contribution >= 4 is 26.8 Å². The van der Waals surface area contributed by atoms with E-state index in [1.807, 2.05) is 25.1 Å². The van der Waals surface area contributed by atoms with E-state index in [1.165, 1.54) is 0 Å². The van der Waals surface area contributed by atoms with Gasteiger partial charge in [0.2, 0.25) is 11.8 Å². The number of aliphatic hydroxyl groups is 1. The van der Waals surface area contributed by atoms with Crippen molar-refractivity contribution in [3.8, 4) is 0 Å². The van der Waals surface area contributed by atoms with Crippen molar-refractivity contribution in [2.24, 2.45) is 0 Å². The lowest BCUT2D eigenvalue weighted by molar-refractivity contribution is -0.126. The Kier molecular flexibility index (Phi) is 8.23. The lowest BCUT2D eigenvalue weighted by Gasteiger charge is -2.28. The number of hydrogen-bond donors (Lipinski definition) is 2. The number of nitrogens with zero attached hydrogens (tertiary/aromatic N) is 2. The first-order chi connectivity index (χ1) is 15.7. The van der Waals surface area contributed by atoms with Crippen molar-refractivity contribution in [1.82, 2.24) is 15.2 Å². The molecule has 1 aromatic heterocycles. The fourth-order valence-electron chi connectivity index (χ4n) is 3.67. The third kappa shape index (κ3) is 6.63. The van der Waals surface area contributed by atoms with Crippen LogP contribution in [-0.2, 0) is 20.4 Å². The normalized spacial score (nSPS) is 14.8. The van der Waals surface area contributed by atoms with Crippen molar-refractivity contribution in [1.29, 1.82) is 0 Å². The first-order valence-corrected chi connectivity index (χ1v) is 12.8. The Morgan fingerprint density at radius 3 is 2.42 bits per heavy atom. The van der Waals surface area contributed by atoms with Gasteiger partial charge in [-0.05, 0) is 38.2 Å². The van der Waals surface area contributed by atoms with Gasteiger partial charge in [-0.15, -0.1) is 0 Å². The number of benzene rings is 2. The van der Waals surface area contributed by atoms with E-state index in [0.717, 1.165) is 0 Å². The molecule has 0 bridgehead atoms. The molecule has 0 fully saturated rings. The Bertz CT molecular complexity index is 1130. The number of fused-ring (bicyclic) bond motifs is 1. The molecule has 33 heavy (non-hydrogen) atoms. The van der Waals surface area contributed by atoms with Gasteiger partial charge in [-0.25, -0.2) is 13.4 Å². The molecule has 0 aliphatic heterocycles. The van der Waals surface area contributed by atoms with Gasteiger partial charge < -0.3 is 14.8 Å². The van der Waals surface area contributed by atoms with Gasteiger partial charge in [0.15, 0.2) is 21.5 Å². The molecular weight excluding hydrogens is 442 g/mol. The largest absolute Gasteiger partial charge is 0.438 e. The summed E-state index contributed by atoms with van der Waals surface area (Å²) in [6.07, 6.45) is 0.00835. The Morgan fingerprint density at radius 1 is 1.12 bits per heavy atom. The van der Waals surface area contributed by atoms with Crippen LogP contribution in [0.4, 0.5) is 0 Å². The number of aliphatic hydroxyl groups excluding tert-OH is 1. The number of carbonyl (C=O) groups is 1. The first kappa shape index (κ1) is 24.9. The van der Waals surface area contributed by atoms with Gasteiger partial charge in [0.25, 0.3) is 0 Å². The number of rotatable bonds is 11. The summed E-state index contributed by atoms with van der Waals surface area (Å²) in [5.41, 5.74) is 1.84. The number of oxazole rings is 1. The van der Waals surface area contributed by atoms with Gasteiger partial charge in [0.05, 0.1) is 17.5 Å². The number of para-hydroxylation sites is 2. The van der Waals surface area contributed by atoms with Crippen LogP contribution in [0.1, 0.15) is 37.3 Å². The molecule has 2 N–H and O–H groups in total. The van der Waals surface area contributed by atoms with Crippen LogP contribution in [0.15, 0.2) is 59.0 Å². The van der Waals surface area contributed by atoms with E-state index in [9.17, 15) is 18.3 Å². The van der Waals surface area contributed by atoms with E-state index in [4.69, 9.17) is 4.42 Å². The third-order valence-corrected chi connectivity index (χ3v) is 7.04. The fraction of sp³-hybridized carbons (Fsp3) is 0.417. The van der Waals surface area contributed by atoms with Gasteiger partial charge in [0, 0.05) is 0 Å². The number of nitrogens with one attached hydrogen (secondary N) is 1. The highest BCUT2D eigenvalue weighted by Gasteiger charge is 2.32. The van der Waals surface area contributed by atoms with E-state index in [0.29, 0.717) is 29.5 Å². The van der Waals surface area contributed by atoms with Crippen LogP contribution < -0.4 is 5.32 Å². The summed E-state index contributed by atoms with van der Waals surface area (Å²) in [7, 11) is -0.235. The number of amides is 1. The zero-order chi connectivity index (χ0) is 24.0. The van der Waals surface area contributed by atoms with Gasteiger partial charge in [-0.2, -0.15) is 0 Å². The van der Waals surface area contributed by atoms with Crippen LogP contribution in [-0.4, -0.2) is 61.2 Å². The molecule has 0 saturated heterocycles. The molecule has 9 heteroatoms. The summed E-state index contributed by atoms with van der Waals surface area (Å²) >= 11 is 0. The summed E-state index contributed by atoms with van der Waals surface area (Å²) in [5.74, 6) is -0.827. The molecule has 3 atom stereocenters. The topological polar surface area (TPSA) is 113 Å². The fourth-order valence-corrected chi connectivity index (χ4v) is 5.42. The van der Waals surface area contributed by atoms with Crippen LogP contribution in [0.3, 0.4) is 0 Å². The molecule has 0 spiro atoms. The number of aromatic nitrogens is 1. The maximum absolute atomic E-state index is 13.1. The monoisotopic (exact) mass is 473 g/mol. The minimum absolute atomic E-state index is 0.119. The van der Waals surface area contributed by atoms with Gasteiger partial charge in [0.1, 0.15) is 11.6 Å². The second-order valence-corrected chi connectivity index (χ2v) is 10.5. The molecule has 1 heterocycles. The molecule has 0 aliphatic rings. The van der Waals surface area contributed by atoms with Crippen LogP contribution in [0.5, 0.6) is 0 Å². The van der Waals surface area contributed by atoms with Crippen LogP contribution in [0, 0.1) is 0 Å². The Balaban J connectivity index is 1.74. The molecule has 1 unspecified atom stereocenters. The number of likely N-dealkylation sites (N-methyl/N-ethyl adjacent to an activating group) is 1. The lowest BCUT2D eigenvalue weighted by atomic mass is 10.0. The highest BCUT2D eigenvalue weighted by molar-refractivity contribution is 7.90. The van der Waals surface area contributed by atoms with Crippen molar-refractivity contribution < 1.29 is 22.7 Å². The average molecular weight is 474 g/mol. The zero-order valence-corrected chi connectivity index (χ0v) is 20.0. The number of hydrogen-bond acceptors (Lipinski definition) is 7. The molecule has 0 aliphatic carbocycles. The van der Waals surface area contributed by atoms with Gasteiger partial charge in [-0.1, -0.05) is 55.8 Å². The van der Waals surface area contributed by atoms with Crippen molar-refractivity contribution in [3.63, 3.8) is 0 Å². The standard InChI is InChI=1S/C24H31N3O5S/c1-4-10-19(22(28)24-26-18-13-8-9-14-21(18)32-24)25-23(29)20(27(2)3)16-33(30,31)15-17-11-6-5-7-12-17/h5-9,11-14,19-20,22,28H,4,10,15-16H2,1-3H3,(H,25,29)/t19?,20-,22-/m0/s1. The summed E-state index contributed by atoms with van der Waals surface area (Å²) in [5, 5.41) is 13.7. The van der Waals surface area contributed by atoms with Crippen LogP contribution in [0.2, 0.25) is 0 Å². The van der Waals surface area contributed by atoms with Gasteiger partial charge in [-0.3, -0.25) is 9.69 Å². The molecular formula is C24H31N3O5S. The lowest BCUT2D eigenvalue weighted by Crippen LogP contribution is -2.51. The van der Waals surface area contributed by atoms with Crippen molar-refractivity contribution in [2.45, 2.75) is 43.7 Å². The first-order valence-electron chi connectivity index (χ1n) is 10.9. The predicted octanol–water partition coefficient (Wildman–Crippen LogP) is 2.69. The molecule has 0 radical (unpaired) electrons. The summed E-state index contributed by atoms with van der Waals surface area (Å²) in [4.78, 5) is 19.0. The number of carbonyl (C=O) groups excluding carboxylic acids is 1. The van der Waals surface area contributed by atoms with E-state index in [2.05, 4.69) is 10.3 Å². The maximum Gasteiger partial charge on any atom is 0.238 e. The Morgan fingerprint density at radius 2 is 1.79 bits per heavy atom. The van der Waals surface area contributed by atoms with Gasteiger partial charge >= 0.3 is 0 Å².